The van der Waals surface area contributed by atoms with E-state index in [0.717, 1.165) is 0 Å². The predicted molar refractivity (Wildman–Crippen MR) is 109 cm³/mol. The second-order valence-electron chi connectivity index (χ2n) is 6.27. The quantitative estimate of drug-likeness (QED) is 0.334. The summed E-state index contributed by atoms with van der Waals surface area (Å²) in [4.78, 5) is 12.7. The van der Waals surface area contributed by atoms with Gasteiger partial charge in [-0.3, -0.25) is 0 Å². The topological polar surface area (TPSA) is 76.0 Å². The standard InChI is InChI=1S/C20H10Br2O5.Na/c21-15-13(23)7-5-11-17(15)26-18-12(6-8-14(24)16(18)22)20(11)10-4-2-1-3-9(10)19(25)27-20;/h1-8,23-24H;. The molecule has 0 aromatic heterocycles. The van der Waals surface area contributed by atoms with Gasteiger partial charge >= 0.3 is 5.97 Å². The van der Waals surface area contributed by atoms with E-state index in [4.69, 9.17) is 9.47 Å². The number of ether oxygens (including phenoxy) is 2. The molecule has 0 saturated heterocycles. The fourth-order valence-electron chi connectivity index (χ4n) is 3.71. The minimum atomic E-state index is -1.25. The number of benzene rings is 3. The van der Waals surface area contributed by atoms with E-state index < -0.39 is 11.6 Å². The molecule has 8 heteroatoms. The molecule has 2 heterocycles. The summed E-state index contributed by atoms with van der Waals surface area (Å²) in [5, 5.41) is 20.3. The molecule has 0 saturated carbocycles. The number of hydrogen-bond acceptors (Lipinski definition) is 5. The molecule has 0 unspecified atom stereocenters. The number of carbonyl (C=O) groups is 1. The number of fused-ring (bicyclic) bond motifs is 6. The molecule has 3 aromatic carbocycles. The summed E-state index contributed by atoms with van der Waals surface area (Å²) in [5.41, 5.74) is 1.05. The predicted octanol–water partition coefficient (Wildman–Crippen LogP) is 4.81. The molecule has 0 amide bonds. The molecule has 2 aliphatic heterocycles. The molecule has 0 atom stereocenters. The number of aromatic hydroxyl groups is 2. The van der Waals surface area contributed by atoms with Crippen molar-refractivity contribution >= 4 is 67.4 Å². The van der Waals surface area contributed by atoms with E-state index in [2.05, 4.69) is 31.9 Å². The maximum absolute atomic E-state index is 12.7. The number of esters is 1. The summed E-state index contributed by atoms with van der Waals surface area (Å²) in [6, 6.07) is 13.5. The fourth-order valence-corrected chi connectivity index (χ4v) is 4.56. The SMILES string of the molecule is O=C1OC2(c3ccccc31)c1ccc(O)c(Br)c1Oc1c2ccc(O)c1Br.[Na]. The number of phenolic OH excluding ortho intramolecular Hbond substituents is 2. The summed E-state index contributed by atoms with van der Waals surface area (Å²) >= 11 is 6.71. The Hall–Kier alpha value is -1.51. The first-order chi connectivity index (χ1) is 12.9. The largest absolute Gasteiger partial charge is 0.507 e. The molecule has 28 heavy (non-hydrogen) atoms. The van der Waals surface area contributed by atoms with Crippen LogP contribution in [-0.4, -0.2) is 45.7 Å². The first kappa shape index (κ1) is 19.8. The van der Waals surface area contributed by atoms with Crippen LogP contribution in [0.15, 0.2) is 57.5 Å². The van der Waals surface area contributed by atoms with Crippen molar-refractivity contribution in [2.45, 2.75) is 5.60 Å². The maximum Gasteiger partial charge on any atom is 0.340 e. The van der Waals surface area contributed by atoms with Crippen LogP contribution in [0.1, 0.15) is 27.0 Å². The van der Waals surface area contributed by atoms with Gasteiger partial charge < -0.3 is 19.7 Å². The Bertz CT molecular complexity index is 1100. The van der Waals surface area contributed by atoms with Gasteiger partial charge in [-0.25, -0.2) is 4.79 Å². The zero-order chi connectivity index (χ0) is 18.9. The van der Waals surface area contributed by atoms with Crippen LogP contribution in [0.4, 0.5) is 0 Å². The van der Waals surface area contributed by atoms with E-state index in [9.17, 15) is 15.0 Å². The molecule has 0 fully saturated rings. The van der Waals surface area contributed by atoms with Crippen LogP contribution < -0.4 is 4.74 Å². The van der Waals surface area contributed by atoms with Crippen molar-refractivity contribution in [2.24, 2.45) is 0 Å². The Morgan fingerprint density at radius 1 is 0.786 bits per heavy atom. The molecular formula is C20H10Br2NaO5. The molecule has 3 aromatic rings. The van der Waals surface area contributed by atoms with Gasteiger partial charge in [-0.05, 0) is 62.2 Å². The van der Waals surface area contributed by atoms with E-state index in [1.165, 1.54) is 12.1 Å². The van der Waals surface area contributed by atoms with Crippen molar-refractivity contribution in [2.75, 3.05) is 0 Å². The first-order valence-corrected chi connectivity index (χ1v) is 9.58. The minimum Gasteiger partial charge on any atom is -0.507 e. The molecular weight excluding hydrogens is 503 g/mol. The van der Waals surface area contributed by atoms with Crippen molar-refractivity contribution < 1.29 is 24.5 Å². The van der Waals surface area contributed by atoms with Crippen molar-refractivity contribution in [1.82, 2.24) is 0 Å². The number of rotatable bonds is 0. The molecule has 1 spiro atoms. The summed E-state index contributed by atoms with van der Waals surface area (Å²) < 4.78 is 12.7. The number of hydrogen-bond donors (Lipinski definition) is 2. The average molecular weight is 513 g/mol. The third-order valence-electron chi connectivity index (χ3n) is 4.89. The Kier molecular flexibility index (Phi) is 4.79. The Morgan fingerprint density at radius 2 is 1.32 bits per heavy atom. The second kappa shape index (κ2) is 6.78. The van der Waals surface area contributed by atoms with Gasteiger partial charge in [0.05, 0.1) is 5.56 Å². The van der Waals surface area contributed by atoms with Crippen LogP contribution in [0.5, 0.6) is 23.0 Å². The molecule has 5 rings (SSSR count). The number of carbonyl (C=O) groups excluding carboxylic acids is 1. The van der Waals surface area contributed by atoms with Gasteiger partial charge in [0.15, 0.2) is 17.1 Å². The monoisotopic (exact) mass is 511 g/mol. The summed E-state index contributed by atoms with van der Waals surface area (Å²) in [7, 11) is 0. The maximum atomic E-state index is 12.7. The number of halogens is 2. The van der Waals surface area contributed by atoms with Gasteiger partial charge in [-0.1, -0.05) is 18.2 Å². The number of phenols is 2. The molecule has 5 nitrogen and oxygen atoms in total. The van der Waals surface area contributed by atoms with E-state index >= 15 is 0 Å². The Labute approximate surface area is 198 Å². The van der Waals surface area contributed by atoms with Crippen LogP contribution in [0.25, 0.3) is 0 Å². The van der Waals surface area contributed by atoms with Crippen LogP contribution in [0.3, 0.4) is 0 Å². The van der Waals surface area contributed by atoms with E-state index in [0.29, 0.717) is 42.7 Å². The van der Waals surface area contributed by atoms with Crippen molar-refractivity contribution in [3.05, 3.63) is 79.7 Å². The van der Waals surface area contributed by atoms with Crippen LogP contribution in [0, 0.1) is 0 Å². The normalized spacial score (nSPS) is 15.0. The van der Waals surface area contributed by atoms with Gasteiger partial charge in [0, 0.05) is 46.2 Å². The molecule has 2 N–H and O–H groups in total. The Balaban J connectivity index is 0.00000192. The summed E-state index contributed by atoms with van der Waals surface area (Å²) in [6.07, 6.45) is 0. The van der Waals surface area contributed by atoms with E-state index in [1.54, 1.807) is 24.3 Å². The molecule has 0 aliphatic carbocycles. The fraction of sp³-hybridized carbons (Fsp3) is 0.0500. The van der Waals surface area contributed by atoms with Crippen LogP contribution >= 0.6 is 31.9 Å². The van der Waals surface area contributed by atoms with Gasteiger partial charge in [0.2, 0.25) is 0 Å². The zero-order valence-electron chi connectivity index (χ0n) is 14.5. The van der Waals surface area contributed by atoms with Crippen molar-refractivity contribution in [1.29, 1.82) is 0 Å². The smallest absolute Gasteiger partial charge is 0.340 e. The summed E-state index contributed by atoms with van der Waals surface area (Å²) in [5.74, 6) is 0.164. The minimum absolute atomic E-state index is 0. The Morgan fingerprint density at radius 3 is 1.89 bits per heavy atom. The van der Waals surface area contributed by atoms with E-state index in [-0.39, 0.29) is 41.1 Å². The third-order valence-corrected chi connectivity index (χ3v) is 6.42. The summed E-state index contributed by atoms with van der Waals surface area (Å²) in [6.45, 7) is 0. The van der Waals surface area contributed by atoms with Crippen molar-refractivity contribution in [3.63, 3.8) is 0 Å². The van der Waals surface area contributed by atoms with Gasteiger partial charge in [0.25, 0.3) is 0 Å². The third kappa shape index (κ3) is 2.44. The van der Waals surface area contributed by atoms with Crippen molar-refractivity contribution in [3.8, 4) is 23.0 Å². The molecule has 1 radical (unpaired) electrons. The molecule has 0 bridgehead atoms. The van der Waals surface area contributed by atoms with Gasteiger partial charge in [-0.2, -0.15) is 0 Å². The van der Waals surface area contributed by atoms with Crippen LogP contribution in [-0.2, 0) is 10.3 Å². The van der Waals surface area contributed by atoms with Gasteiger partial charge in [-0.15, -0.1) is 0 Å². The second-order valence-corrected chi connectivity index (χ2v) is 7.86. The average Bonchev–Trinajstić information content (AvgIpc) is 2.96. The van der Waals surface area contributed by atoms with Gasteiger partial charge in [0.1, 0.15) is 20.4 Å². The molecule has 2 aliphatic rings. The zero-order valence-corrected chi connectivity index (χ0v) is 19.7. The molecule has 135 valence electrons. The first-order valence-electron chi connectivity index (χ1n) is 7.99. The van der Waals surface area contributed by atoms with E-state index in [1.807, 2.05) is 12.1 Å². The van der Waals surface area contributed by atoms with Crippen LogP contribution in [0.2, 0.25) is 0 Å².